The van der Waals surface area contributed by atoms with E-state index in [0.717, 1.165) is 19.8 Å². The van der Waals surface area contributed by atoms with Gasteiger partial charge < -0.3 is 20.1 Å². The molecule has 0 atom stereocenters. The van der Waals surface area contributed by atoms with Crippen LogP contribution >= 0.6 is 22.6 Å². The average Bonchev–Trinajstić information content (AvgIpc) is 2.98. The molecule has 156 valence electrons. The van der Waals surface area contributed by atoms with E-state index in [2.05, 4.69) is 33.2 Å². The van der Waals surface area contributed by atoms with Crippen molar-refractivity contribution >= 4 is 52.2 Å². The number of methoxy groups -OCH3 is 1. The number of halogens is 1. The van der Waals surface area contributed by atoms with Gasteiger partial charge in [0.05, 0.1) is 23.0 Å². The molecule has 2 N–H and O–H groups in total. The summed E-state index contributed by atoms with van der Waals surface area (Å²) in [6, 6.07) is 11.7. The van der Waals surface area contributed by atoms with Crippen molar-refractivity contribution in [3.8, 4) is 11.5 Å². The molecule has 3 rings (SSSR count). The van der Waals surface area contributed by atoms with Gasteiger partial charge in [-0.3, -0.25) is 9.59 Å². The molecule has 0 aliphatic carbocycles. The molecule has 2 aromatic rings. The first-order chi connectivity index (χ1) is 14.4. The summed E-state index contributed by atoms with van der Waals surface area (Å²) in [4.78, 5) is 38.1. The third kappa shape index (κ3) is 4.90. The molecule has 8 nitrogen and oxygen atoms in total. The fraction of sp³-hybridized carbons (Fsp3) is 0.190. The number of imide groups is 1. The molecule has 30 heavy (non-hydrogen) atoms. The van der Waals surface area contributed by atoms with Crippen LogP contribution in [-0.4, -0.2) is 43.0 Å². The number of nitrogens with zero attached hydrogens (tertiary/aromatic N) is 1. The lowest BCUT2D eigenvalue weighted by Gasteiger charge is -2.13. The van der Waals surface area contributed by atoms with Crippen molar-refractivity contribution in [2.45, 2.75) is 6.92 Å². The first kappa shape index (κ1) is 21.6. The van der Waals surface area contributed by atoms with Gasteiger partial charge in [-0.25, -0.2) is 9.69 Å². The SMILES string of the molecule is CCOc1ccc(/C=C2/NC(=O)N(CC(=O)Nc3ccccc3OC)C2=O)cc1I. The molecule has 0 saturated carbocycles. The van der Waals surface area contributed by atoms with Crippen LogP contribution in [0.2, 0.25) is 0 Å². The fourth-order valence-electron chi connectivity index (χ4n) is 2.84. The highest BCUT2D eigenvalue weighted by atomic mass is 127. The van der Waals surface area contributed by atoms with E-state index in [9.17, 15) is 14.4 Å². The number of carbonyl (C=O) groups excluding carboxylic acids is 3. The first-order valence-corrected chi connectivity index (χ1v) is 10.2. The van der Waals surface area contributed by atoms with Crippen LogP contribution in [0.15, 0.2) is 48.2 Å². The molecule has 1 saturated heterocycles. The smallest absolute Gasteiger partial charge is 0.329 e. The monoisotopic (exact) mass is 521 g/mol. The molecule has 9 heteroatoms. The molecular weight excluding hydrogens is 501 g/mol. The van der Waals surface area contributed by atoms with Crippen LogP contribution in [0.3, 0.4) is 0 Å². The van der Waals surface area contributed by atoms with Crippen molar-refractivity contribution in [2.75, 3.05) is 25.6 Å². The van der Waals surface area contributed by atoms with E-state index >= 15 is 0 Å². The Balaban J connectivity index is 1.70. The van der Waals surface area contributed by atoms with Gasteiger partial charge in [0.15, 0.2) is 0 Å². The summed E-state index contributed by atoms with van der Waals surface area (Å²) in [5, 5.41) is 5.16. The van der Waals surface area contributed by atoms with Gasteiger partial charge in [0, 0.05) is 0 Å². The zero-order valence-corrected chi connectivity index (χ0v) is 18.6. The topological polar surface area (TPSA) is 97.0 Å². The van der Waals surface area contributed by atoms with Crippen LogP contribution < -0.4 is 20.1 Å². The minimum Gasteiger partial charge on any atom is -0.495 e. The minimum absolute atomic E-state index is 0.102. The van der Waals surface area contributed by atoms with Gasteiger partial charge in [0.2, 0.25) is 5.91 Å². The predicted octanol–water partition coefficient (Wildman–Crippen LogP) is 3.23. The fourth-order valence-corrected chi connectivity index (χ4v) is 3.54. The van der Waals surface area contributed by atoms with Crippen LogP contribution in [0, 0.1) is 3.57 Å². The zero-order valence-electron chi connectivity index (χ0n) is 16.4. The highest BCUT2D eigenvalue weighted by molar-refractivity contribution is 14.1. The Morgan fingerprint density at radius 1 is 1.20 bits per heavy atom. The standard InChI is InChI=1S/C21H20IN3O5/c1-3-30-17-9-8-13(10-14(17)22)11-16-20(27)25(21(28)24-16)12-19(26)23-15-6-4-5-7-18(15)29-2/h4-11H,3,12H2,1-2H3,(H,23,26)(H,24,28)/b16-11+. The summed E-state index contributed by atoms with van der Waals surface area (Å²) in [5.74, 6) is 0.143. The number of hydrogen-bond acceptors (Lipinski definition) is 5. The predicted molar refractivity (Wildman–Crippen MR) is 120 cm³/mol. The highest BCUT2D eigenvalue weighted by Crippen LogP contribution is 2.25. The molecule has 0 aromatic heterocycles. The summed E-state index contributed by atoms with van der Waals surface area (Å²) >= 11 is 2.14. The van der Waals surface area contributed by atoms with E-state index in [0.29, 0.717) is 18.0 Å². The Morgan fingerprint density at radius 2 is 1.97 bits per heavy atom. The van der Waals surface area contributed by atoms with E-state index < -0.39 is 24.4 Å². The Morgan fingerprint density at radius 3 is 2.67 bits per heavy atom. The summed E-state index contributed by atoms with van der Waals surface area (Å²) in [7, 11) is 1.49. The lowest BCUT2D eigenvalue weighted by Crippen LogP contribution is -2.38. The van der Waals surface area contributed by atoms with Gasteiger partial charge in [0.1, 0.15) is 23.7 Å². The number of anilines is 1. The maximum Gasteiger partial charge on any atom is 0.329 e. The molecule has 0 spiro atoms. The lowest BCUT2D eigenvalue weighted by molar-refractivity contribution is -0.127. The summed E-state index contributed by atoms with van der Waals surface area (Å²) in [6.45, 7) is 2.04. The molecule has 1 aliphatic rings. The van der Waals surface area contributed by atoms with E-state index in [-0.39, 0.29) is 5.70 Å². The first-order valence-electron chi connectivity index (χ1n) is 9.12. The average molecular weight is 521 g/mol. The normalized spacial score (nSPS) is 14.6. The second kappa shape index (κ2) is 9.61. The molecule has 0 unspecified atom stereocenters. The number of para-hydroxylation sites is 2. The maximum absolute atomic E-state index is 12.6. The number of ether oxygens (including phenoxy) is 2. The van der Waals surface area contributed by atoms with Crippen LogP contribution in [0.4, 0.5) is 10.5 Å². The Hall–Kier alpha value is -3.08. The van der Waals surface area contributed by atoms with Crippen molar-refractivity contribution in [1.29, 1.82) is 0 Å². The largest absolute Gasteiger partial charge is 0.495 e. The number of hydrogen-bond donors (Lipinski definition) is 2. The molecule has 1 fully saturated rings. The van der Waals surface area contributed by atoms with Crippen molar-refractivity contribution in [2.24, 2.45) is 0 Å². The Bertz CT molecular complexity index is 1020. The molecule has 1 heterocycles. The molecular formula is C21H20IN3O5. The number of carbonyl (C=O) groups is 3. The Kier molecular flexibility index (Phi) is 6.93. The minimum atomic E-state index is -0.651. The third-order valence-electron chi connectivity index (χ3n) is 4.21. The van der Waals surface area contributed by atoms with Crippen LogP contribution in [-0.2, 0) is 9.59 Å². The van der Waals surface area contributed by atoms with Gasteiger partial charge in [-0.2, -0.15) is 0 Å². The van der Waals surface area contributed by atoms with Crippen molar-refractivity contribution in [1.82, 2.24) is 10.2 Å². The summed E-state index contributed by atoms with van der Waals surface area (Å²) in [5.41, 5.74) is 1.29. The zero-order chi connectivity index (χ0) is 21.7. The van der Waals surface area contributed by atoms with E-state index in [4.69, 9.17) is 9.47 Å². The van der Waals surface area contributed by atoms with Gasteiger partial charge in [-0.05, 0) is 65.4 Å². The summed E-state index contributed by atoms with van der Waals surface area (Å²) < 4.78 is 11.6. The third-order valence-corrected chi connectivity index (χ3v) is 5.05. The lowest BCUT2D eigenvalue weighted by atomic mass is 10.2. The number of benzene rings is 2. The van der Waals surface area contributed by atoms with Gasteiger partial charge in [-0.1, -0.05) is 18.2 Å². The number of amides is 4. The number of urea groups is 1. The highest BCUT2D eigenvalue weighted by Gasteiger charge is 2.35. The van der Waals surface area contributed by atoms with Crippen LogP contribution in [0.5, 0.6) is 11.5 Å². The molecule has 2 aromatic carbocycles. The number of nitrogens with one attached hydrogen (secondary N) is 2. The van der Waals surface area contributed by atoms with Crippen LogP contribution in [0.1, 0.15) is 12.5 Å². The molecule has 0 radical (unpaired) electrons. The van der Waals surface area contributed by atoms with Gasteiger partial charge in [0.25, 0.3) is 5.91 Å². The maximum atomic E-state index is 12.6. The van der Waals surface area contributed by atoms with Gasteiger partial charge in [-0.15, -0.1) is 0 Å². The number of rotatable bonds is 7. The molecule has 0 bridgehead atoms. The molecule has 4 amide bonds. The second-order valence-corrected chi connectivity index (χ2v) is 7.41. The van der Waals surface area contributed by atoms with E-state index in [1.807, 2.05) is 13.0 Å². The van der Waals surface area contributed by atoms with Crippen LogP contribution in [0.25, 0.3) is 6.08 Å². The quantitative estimate of drug-likeness (QED) is 0.332. The van der Waals surface area contributed by atoms with Gasteiger partial charge >= 0.3 is 6.03 Å². The summed E-state index contributed by atoms with van der Waals surface area (Å²) in [6.07, 6.45) is 1.57. The van der Waals surface area contributed by atoms with E-state index in [1.54, 1.807) is 42.5 Å². The van der Waals surface area contributed by atoms with E-state index in [1.165, 1.54) is 7.11 Å². The second-order valence-electron chi connectivity index (χ2n) is 6.25. The Labute approximate surface area is 187 Å². The van der Waals surface area contributed by atoms with Crippen molar-refractivity contribution < 1.29 is 23.9 Å². The van der Waals surface area contributed by atoms with Crippen molar-refractivity contribution in [3.63, 3.8) is 0 Å². The van der Waals surface area contributed by atoms with Crippen molar-refractivity contribution in [3.05, 3.63) is 57.3 Å². The molecule has 1 aliphatic heterocycles.